The molecule has 9 heteroatoms. The zero-order valence-corrected chi connectivity index (χ0v) is 15.6. The SMILES string of the molecule is COc1cc(OCCCC(=O)O)cc(OC)c1C=NNc1nc(C)cs1. The van der Waals surface area contributed by atoms with Crippen LogP contribution in [-0.4, -0.2) is 43.1 Å². The van der Waals surface area contributed by atoms with E-state index >= 15 is 0 Å². The molecule has 2 rings (SSSR count). The third kappa shape index (κ3) is 5.62. The van der Waals surface area contributed by atoms with Crippen LogP contribution in [0.3, 0.4) is 0 Å². The van der Waals surface area contributed by atoms with E-state index in [4.69, 9.17) is 19.3 Å². The summed E-state index contributed by atoms with van der Waals surface area (Å²) in [6.45, 7) is 2.20. The summed E-state index contributed by atoms with van der Waals surface area (Å²) in [7, 11) is 3.08. The molecule has 2 N–H and O–H groups in total. The molecule has 0 amide bonds. The van der Waals surface area contributed by atoms with Gasteiger partial charge in [0.15, 0.2) is 0 Å². The van der Waals surface area contributed by atoms with Crippen molar-refractivity contribution in [3.63, 3.8) is 0 Å². The van der Waals surface area contributed by atoms with E-state index in [2.05, 4.69) is 15.5 Å². The molecule has 1 aromatic carbocycles. The normalized spacial score (nSPS) is 10.7. The lowest BCUT2D eigenvalue weighted by Crippen LogP contribution is -2.04. The third-order valence-electron chi connectivity index (χ3n) is 3.29. The Kier molecular flexibility index (Phi) is 7.22. The number of aromatic nitrogens is 1. The van der Waals surface area contributed by atoms with Crippen molar-refractivity contribution in [1.82, 2.24) is 4.98 Å². The van der Waals surface area contributed by atoms with Gasteiger partial charge in [-0.15, -0.1) is 11.3 Å². The Morgan fingerprint density at radius 1 is 1.35 bits per heavy atom. The molecular weight excluding hydrogens is 358 g/mol. The number of carboxylic acids is 1. The van der Waals surface area contributed by atoms with Gasteiger partial charge in [0.1, 0.15) is 17.2 Å². The number of ether oxygens (including phenoxy) is 3. The van der Waals surface area contributed by atoms with Crippen molar-refractivity contribution in [2.75, 3.05) is 26.3 Å². The molecule has 8 nitrogen and oxygen atoms in total. The van der Waals surface area contributed by atoms with Gasteiger partial charge in [-0.3, -0.25) is 10.2 Å². The van der Waals surface area contributed by atoms with Crippen molar-refractivity contribution >= 4 is 28.7 Å². The van der Waals surface area contributed by atoms with E-state index in [-0.39, 0.29) is 13.0 Å². The Balaban J connectivity index is 2.10. The van der Waals surface area contributed by atoms with Crippen LogP contribution in [0.2, 0.25) is 0 Å². The molecule has 0 fully saturated rings. The van der Waals surface area contributed by atoms with Crippen molar-refractivity contribution in [1.29, 1.82) is 0 Å². The molecule has 0 saturated carbocycles. The average Bonchev–Trinajstić information content (AvgIpc) is 3.04. The summed E-state index contributed by atoms with van der Waals surface area (Å²) in [6.07, 6.45) is 2.06. The zero-order chi connectivity index (χ0) is 18.9. The van der Waals surface area contributed by atoms with Crippen LogP contribution in [0, 0.1) is 6.92 Å². The minimum Gasteiger partial charge on any atom is -0.496 e. The predicted molar refractivity (Wildman–Crippen MR) is 100.0 cm³/mol. The number of hydrogen-bond donors (Lipinski definition) is 2. The summed E-state index contributed by atoms with van der Waals surface area (Å²) in [5, 5.41) is 15.4. The number of benzene rings is 1. The molecular formula is C17H21N3O5S. The van der Waals surface area contributed by atoms with Crippen molar-refractivity contribution in [3.8, 4) is 17.2 Å². The second-order valence-electron chi connectivity index (χ2n) is 5.25. The number of aliphatic carboxylic acids is 1. The van der Waals surface area contributed by atoms with Gasteiger partial charge >= 0.3 is 5.97 Å². The van der Waals surface area contributed by atoms with Gasteiger partial charge in [0.05, 0.1) is 38.3 Å². The molecule has 0 unspecified atom stereocenters. The molecule has 0 saturated heterocycles. The second-order valence-corrected chi connectivity index (χ2v) is 6.11. The molecule has 26 heavy (non-hydrogen) atoms. The van der Waals surface area contributed by atoms with Crippen LogP contribution in [-0.2, 0) is 4.79 Å². The van der Waals surface area contributed by atoms with Crippen LogP contribution in [0.5, 0.6) is 17.2 Å². The van der Waals surface area contributed by atoms with Crippen LogP contribution >= 0.6 is 11.3 Å². The van der Waals surface area contributed by atoms with E-state index in [0.29, 0.717) is 34.4 Å². The van der Waals surface area contributed by atoms with Gasteiger partial charge in [-0.05, 0) is 13.3 Å². The lowest BCUT2D eigenvalue weighted by atomic mass is 10.2. The number of nitrogens with one attached hydrogen (secondary N) is 1. The first-order valence-corrected chi connectivity index (χ1v) is 8.73. The highest BCUT2D eigenvalue weighted by molar-refractivity contribution is 7.13. The molecule has 140 valence electrons. The molecule has 1 heterocycles. The Bertz CT molecular complexity index is 751. The lowest BCUT2D eigenvalue weighted by molar-refractivity contribution is -0.137. The molecule has 1 aromatic heterocycles. The first-order valence-electron chi connectivity index (χ1n) is 7.85. The fourth-order valence-corrected chi connectivity index (χ4v) is 2.73. The van der Waals surface area contributed by atoms with E-state index < -0.39 is 5.97 Å². The number of nitrogens with zero attached hydrogens (tertiary/aromatic N) is 2. The smallest absolute Gasteiger partial charge is 0.303 e. The monoisotopic (exact) mass is 379 g/mol. The quantitative estimate of drug-likeness (QED) is 0.371. The molecule has 2 aromatic rings. The van der Waals surface area contributed by atoms with E-state index in [1.165, 1.54) is 25.6 Å². The minimum absolute atomic E-state index is 0.0565. The van der Waals surface area contributed by atoms with E-state index in [1.54, 1.807) is 18.3 Å². The zero-order valence-electron chi connectivity index (χ0n) is 14.8. The summed E-state index contributed by atoms with van der Waals surface area (Å²) in [5.41, 5.74) is 4.43. The number of hydrogen-bond acceptors (Lipinski definition) is 8. The standard InChI is InChI=1S/C17H21N3O5S/c1-11-10-26-17(19-11)20-18-9-13-14(23-2)7-12(8-15(13)24-3)25-6-4-5-16(21)22/h7-10H,4-6H2,1-3H3,(H,19,20)(H,21,22). The van der Waals surface area contributed by atoms with Crippen molar-refractivity contribution in [2.24, 2.45) is 5.10 Å². The van der Waals surface area contributed by atoms with Crippen molar-refractivity contribution in [3.05, 3.63) is 28.8 Å². The Morgan fingerprint density at radius 3 is 2.58 bits per heavy atom. The number of carbonyl (C=O) groups is 1. The van der Waals surface area contributed by atoms with E-state index in [0.717, 1.165) is 5.69 Å². The highest BCUT2D eigenvalue weighted by Gasteiger charge is 2.12. The van der Waals surface area contributed by atoms with Crippen LogP contribution in [0.1, 0.15) is 24.1 Å². The van der Waals surface area contributed by atoms with Gasteiger partial charge in [0.2, 0.25) is 5.13 Å². The highest BCUT2D eigenvalue weighted by Crippen LogP contribution is 2.33. The number of rotatable bonds is 10. The maximum absolute atomic E-state index is 10.5. The molecule has 0 bridgehead atoms. The largest absolute Gasteiger partial charge is 0.496 e. The summed E-state index contributed by atoms with van der Waals surface area (Å²) < 4.78 is 16.4. The number of carboxylic acid groups (broad SMARTS) is 1. The number of anilines is 1. The maximum atomic E-state index is 10.5. The first-order chi connectivity index (χ1) is 12.5. The van der Waals surface area contributed by atoms with Crippen LogP contribution < -0.4 is 19.6 Å². The van der Waals surface area contributed by atoms with Crippen LogP contribution in [0.25, 0.3) is 0 Å². The topological polar surface area (TPSA) is 102 Å². The Hall–Kier alpha value is -2.81. The van der Waals surface area contributed by atoms with Gasteiger partial charge in [-0.2, -0.15) is 5.10 Å². The third-order valence-corrected chi connectivity index (χ3v) is 4.16. The van der Waals surface area contributed by atoms with E-state index in [9.17, 15) is 4.79 Å². The Labute approximate surface area is 155 Å². The van der Waals surface area contributed by atoms with Crippen molar-refractivity contribution in [2.45, 2.75) is 19.8 Å². The van der Waals surface area contributed by atoms with E-state index in [1.807, 2.05) is 12.3 Å². The molecule has 0 radical (unpaired) electrons. The molecule has 0 spiro atoms. The molecule has 0 aliphatic carbocycles. The summed E-state index contributed by atoms with van der Waals surface area (Å²) in [6, 6.07) is 3.41. The number of methoxy groups -OCH3 is 2. The fourth-order valence-electron chi connectivity index (χ4n) is 2.10. The summed E-state index contributed by atoms with van der Waals surface area (Å²) in [5.74, 6) is 0.736. The van der Waals surface area contributed by atoms with Gasteiger partial charge in [-0.25, -0.2) is 4.98 Å². The Morgan fingerprint density at radius 2 is 2.04 bits per heavy atom. The number of hydrazone groups is 1. The maximum Gasteiger partial charge on any atom is 0.303 e. The molecule has 0 aliphatic rings. The number of aryl methyl sites for hydroxylation is 1. The molecule has 0 aliphatic heterocycles. The average molecular weight is 379 g/mol. The summed E-state index contributed by atoms with van der Waals surface area (Å²) >= 11 is 1.46. The van der Waals surface area contributed by atoms with Crippen LogP contribution in [0.15, 0.2) is 22.6 Å². The van der Waals surface area contributed by atoms with Gasteiger partial charge in [-0.1, -0.05) is 0 Å². The second kappa shape index (κ2) is 9.62. The minimum atomic E-state index is -0.849. The van der Waals surface area contributed by atoms with Gasteiger partial charge in [0.25, 0.3) is 0 Å². The summed E-state index contributed by atoms with van der Waals surface area (Å²) in [4.78, 5) is 14.8. The molecule has 0 atom stereocenters. The number of thiazole rings is 1. The van der Waals surface area contributed by atoms with Gasteiger partial charge in [0, 0.05) is 23.9 Å². The van der Waals surface area contributed by atoms with Gasteiger partial charge < -0.3 is 19.3 Å². The predicted octanol–water partition coefficient (Wildman–Crippen LogP) is 3.16. The van der Waals surface area contributed by atoms with Crippen LogP contribution in [0.4, 0.5) is 5.13 Å². The first kappa shape index (κ1) is 19.5. The highest BCUT2D eigenvalue weighted by atomic mass is 32.1. The fraction of sp³-hybridized carbons (Fsp3) is 0.353. The van der Waals surface area contributed by atoms with Crippen molar-refractivity contribution < 1.29 is 24.1 Å². The lowest BCUT2D eigenvalue weighted by Gasteiger charge is -2.13.